The van der Waals surface area contributed by atoms with Crippen LogP contribution in [0.15, 0.2) is 0 Å². The van der Waals surface area contributed by atoms with Crippen LogP contribution in [-0.4, -0.2) is 35.0 Å². The van der Waals surface area contributed by atoms with Crippen LogP contribution < -0.4 is 0 Å². The molecule has 1 unspecified atom stereocenters. The molecule has 114 valence electrons. The Kier molecular flexibility index (Phi) is 5.86. The lowest BCUT2D eigenvalue weighted by Crippen LogP contribution is -2.34. The molecular formula is C16H27NO3. The van der Waals surface area contributed by atoms with Gasteiger partial charge in [0.05, 0.1) is 0 Å². The summed E-state index contributed by atoms with van der Waals surface area (Å²) in [6.45, 7) is 1.61. The summed E-state index contributed by atoms with van der Waals surface area (Å²) in [6.07, 6.45) is 10.3. The molecule has 2 fully saturated rings. The lowest BCUT2D eigenvalue weighted by molar-refractivity contribution is -0.137. The number of hydrogen-bond acceptors (Lipinski definition) is 2. The average molecular weight is 281 g/mol. The third kappa shape index (κ3) is 4.50. The molecule has 1 aliphatic carbocycles. The van der Waals surface area contributed by atoms with Crippen molar-refractivity contribution in [1.82, 2.24) is 4.90 Å². The molecule has 1 amide bonds. The van der Waals surface area contributed by atoms with E-state index in [-0.39, 0.29) is 12.3 Å². The summed E-state index contributed by atoms with van der Waals surface area (Å²) < 4.78 is 0. The van der Waals surface area contributed by atoms with Crippen LogP contribution in [0.2, 0.25) is 0 Å². The van der Waals surface area contributed by atoms with E-state index in [4.69, 9.17) is 5.11 Å². The number of hydrogen-bond donors (Lipinski definition) is 1. The molecule has 0 spiro atoms. The van der Waals surface area contributed by atoms with E-state index in [0.29, 0.717) is 18.2 Å². The van der Waals surface area contributed by atoms with Crippen molar-refractivity contribution in [3.05, 3.63) is 0 Å². The maximum absolute atomic E-state index is 12.6. The van der Waals surface area contributed by atoms with Crippen LogP contribution >= 0.6 is 0 Å². The maximum atomic E-state index is 12.6. The predicted molar refractivity (Wildman–Crippen MR) is 77.4 cm³/mol. The highest BCUT2D eigenvalue weighted by Gasteiger charge is 2.30. The van der Waals surface area contributed by atoms with E-state index >= 15 is 0 Å². The molecule has 0 bridgehead atoms. The topological polar surface area (TPSA) is 57.6 Å². The van der Waals surface area contributed by atoms with Gasteiger partial charge in [0.1, 0.15) is 0 Å². The van der Waals surface area contributed by atoms with Gasteiger partial charge in [0.15, 0.2) is 0 Å². The molecule has 20 heavy (non-hydrogen) atoms. The number of nitrogens with zero attached hydrogens (tertiary/aromatic N) is 1. The molecule has 1 N–H and O–H groups in total. The van der Waals surface area contributed by atoms with Crippen molar-refractivity contribution in [1.29, 1.82) is 0 Å². The van der Waals surface area contributed by atoms with Crippen molar-refractivity contribution in [3.63, 3.8) is 0 Å². The van der Waals surface area contributed by atoms with Crippen LogP contribution in [0.4, 0.5) is 0 Å². The molecule has 4 heteroatoms. The number of carbonyl (C=O) groups excluding carboxylic acids is 1. The number of amides is 1. The van der Waals surface area contributed by atoms with Gasteiger partial charge in [0.2, 0.25) is 5.91 Å². The Morgan fingerprint density at radius 1 is 1.00 bits per heavy atom. The first-order chi connectivity index (χ1) is 9.66. The Hall–Kier alpha value is -1.06. The number of carboxylic acids is 1. The normalized spacial score (nSPS) is 25.2. The minimum atomic E-state index is -0.727. The number of likely N-dealkylation sites (tertiary alicyclic amines) is 1. The first kappa shape index (κ1) is 15.3. The van der Waals surface area contributed by atoms with Gasteiger partial charge in [-0.15, -0.1) is 0 Å². The maximum Gasteiger partial charge on any atom is 0.303 e. The van der Waals surface area contributed by atoms with Crippen LogP contribution in [-0.2, 0) is 9.59 Å². The third-order valence-corrected chi connectivity index (χ3v) is 4.82. The van der Waals surface area contributed by atoms with Gasteiger partial charge in [-0.05, 0) is 31.6 Å². The van der Waals surface area contributed by atoms with E-state index < -0.39 is 5.97 Å². The molecule has 0 aromatic rings. The number of rotatable bonds is 4. The summed E-state index contributed by atoms with van der Waals surface area (Å²) in [6, 6.07) is 0. The molecule has 2 aliphatic rings. The highest BCUT2D eigenvalue weighted by atomic mass is 16.4. The van der Waals surface area contributed by atoms with E-state index in [9.17, 15) is 9.59 Å². The Morgan fingerprint density at radius 2 is 1.65 bits per heavy atom. The van der Waals surface area contributed by atoms with E-state index in [1.54, 1.807) is 0 Å². The molecule has 0 aromatic carbocycles. The van der Waals surface area contributed by atoms with Gasteiger partial charge < -0.3 is 10.0 Å². The minimum absolute atomic E-state index is 0.230. The highest BCUT2D eigenvalue weighted by molar-refractivity contribution is 5.79. The van der Waals surface area contributed by atoms with Crippen molar-refractivity contribution in [2.75, 3.05) is 13.1 Å². The monoisotopic (exact) mass is 281 g/mol. The first-order valence-corrected chi connectivity index (χ1v) is 8.17. The van der Waals surface area contributed by atoms with Crippen molar-refractivity contribution in [2.45, 2.75) is 64.2 Å². The predicted octanol–water partition coefficient (Wildman–Crippen LogP) is 3.06. The summed E-state index contributed by atoms with van der Waals surface area (Å²) in [5.74, 6) is 0.233. The lowest BCUT2D eigenvalue weighted by Gasteiger charge is -2.25. The van der Waals surface area contributed by atoms with Gasteiger partial charge in [-0.3, -0.25) is 9.59 Å². The molecule has 0 radical (unpaired) electrons. The summed E-state index contributed by atoms with van der Waals surface area (Å²) >= 11 is 0. The van der Waals surface area contributed by atoms with Gasteiger partial charge in [-0.2, -0.15) is 0 Å². The zero-order chi connectivity index (χ0) is 14.4. The fourth-order valence-electron chi connectivity index (χ4n) is 3.56. The third-order valence-electron chi connectivity index (χ3n) is 4.82. The second kappa shape index (κ2) is 7.65. The minimum Gasteiger partial charge on any atom is -0.481 e. The molecule has 1 saturated heterocycles. The van der Waals surface area contributed by atoms with E-state index in [2.05, 4.69) is 0 Å². The fraction of sp³-hybridized carbons (Fsp3) is 0.875. The van der Waals surface area contributed by atoms with Crippen molar-refractivity contribution in [3.8, 4) is 0 Å². The van der Waals surface area contributed by atoms with Crippen LogP contribution in [0.3, 0.4) is 0 Å². The summed E-state index contributed by atoms with van der Waals surface area (Å²) in [4.78, 5) is 25.2. The zero-order valence-electron chi connectivity index (χ0n) is 12.4. The molecule has 1 saturated carbocycles. The summed E-state index contributed by atoms with van der Waals surface area (Å²) in [5.41, 5.74) is 0. The summed E-state index contributed by atoms with van der Waals surface area (Å²) in [5, 5.41) is 8.73. The molecule has 1 aliphatic heterocycles. The Morgan fingerprint density at radius 3 is 2.30 bits per heavy atom. The average Bonchev–Trinajstić information content (AvgIpc) is 2.84. The SMILES string of the molecule is O=C(O)CCC1CCN(C(=O)C2CCCCCCC2)C1. The van der Waals surface area contributed by atoms with Crippen molar-refractivity contribution >= 4 is 11.9 Å². The van der Waals surface area contributed by atoms with Crippen molar-refractivity contribution < 1.29 is 14.7 Å². The smallest absolute Gasteiger partial charge is 0.303 e. The molecule has 4 nitrogen and oxygen atoms in total. The van der Waals surface area contributed by atoms with E-state index in [1.165, 1.54) is 32.1 Å². The Bertz CT molecular complexity index is 335. The van der Waals surface area contributed by atoms with E-state index in [1.807, 2.05) is 4.90 Å². The van der Waals surface area contributed by atoms with E-state index in [0.717, 1.165) is 32.4 Å². The Labute approximate surface area is 121 Å². The number of carbonyl (C=O) groups is 2. The second-order valence-corrected chi connectivity index (χ2v) is 6.41. The highest BCUT2D eigenvalue weighted by Crippen LogP contribution is 2.28. The molecular weight excluding hydrogens is 254 g/mol. The quantitative estimate of drug-likeness (QED) is 0.861. The first-order valence-electron chi connectivity index (χ1n) is 8.17. The largest absolute Gasteiger partial charge is 0.481 e. The number of carboxylic acid groups (broad SMARTS) is 1. The molecule has 1 heterocycles. The van der Waals surface area contributed by atoms with Gasteiger partial charge >= 0.3 is 5.97 Å². The molecule has 0 aromatic heterocycles. The molecule has 1 atom stereocenters. The van der Waals surface area contributed by atoms with Gasteiger partial charge in [-0.1, -0.05) is 32.1 Å². The van der Waals surface area contributed by atoms with Crippen LogP contribution in [0, 0.1) is 11.8 Å². The summed E-state index contributed by atoms with van der Waals surface area (Å²) in [7, 11) is 0. The molecule has 2 rings (SSSR count). The van der Waals surface area contributed by atoms with Crippen LogP contribution in [0.5, 0.6) is 0 Å². The zero-order valence-corrected chi connectivity index (χ0v) is 12.4. The van der Waals surface area contributed by atoms with Gasteiger partial charge in [0, 0.05) is 25.4 Å². The van der Waals surface area contributed by atoms with Gasteiger partial charge in [-0.25, -0.2) is 0 Å². The fourth-order valence-corrected chi connectivity index (χ4v) is 3.56. The van der Waals surface area contributed by atoms with Crippen LogP contribution in [0.1, 0.15) is 64.2 Å². The van der Waals surface area contributed by atoms with Gasteiger partial charge in [0.25, 0.3) is 0 Å². The van der Waals surface area contributed by atoms with Crippen LogP contribution in [0.25, 0.3) is 0 Å². The Balaban J connectivity index is 1.78. The lowest BCUT2D eigenvalue weighted by atomic mass is 9.90. The number of aliphatic carboxylic acids is 1. The second-order valence-electron chi connectivity index (χ2n) is 6.41. The van der Waals surface area contributed by atoms with Crippen molar-refractivity contribution in [2.24, 2.45) is 11.8 Å². The standard InChI is InChI=1S/C16H27NO3/c18-15(19)9-8-13-10-11-17(12-13)16(20)14-6-4-2-1-3-5-7-14/h13-14H,1-12H2,(H,18,19).